The topological polar surface area (TPSA) is 69.0 Å². The Morgan fingerprint density at radius 1 is 1.22 bits per heavy atom. The lowest BCUT2D eigenvalue weighted by molar-refractivity contribution is 0.0486. The Kier molecular flexibility index (Phi) is 5.31. The number of amides is 1. The smallest absolute Gasteiger partial charge is 0.291 e. The van der Waals surface area contributed by atoms with E-state index in [-0.39, 0.29) is 23.2 Å². The second kappa shape index (κ2) is 8.28. The standard InChI is InChI=1S/C26H25NO5/c1-3-11-30-18-7-4-6-17(14-18)23-22-24(28)20-13-16(2)9-10-21(20)32-25(22)26(29)27(23)15-19-8-5-12-31-19/h3-4,6-7,9-10,13-14,19,23H,1,5,8,11-12,15H2,2H3. The monoisotopic (exact) mass is 431 g/mol. The zero-order valence-corrected chi connectivity index (χ0v) is 18.0. The van der Waals surface area contributed by atoms with Crippen molar-refractivity contribution in [3.05, 3.63) is 87.8 Å². The summed E-state index contributed by atoms with van der Waals surface area (Å²) in [6.45, 7) is 7.08. The van der Waals surface area contributed by atoms with E-state index in [0.717, 1.165) is 24.0 Å². The fraction of sp³-hybridized carbons (Fsp3) is 0.308. The molecule has 2 unspecified atom stereocenters. The molecule has 2 aliphatic rings. The minimum Gasteiger partial charge on any atom is -0.490 e. The van der Waals surface area contributed by atoms with Crippen LogP contribution in [0.2, 0.25) is 0 Å². The second-order valence-corrected chi connectivity index (χ2v) is 8.34. The highest BCUT2D eigenvalue weighted by Crippen LogP contribution is 2.39. The summed E-state index contributed by atoms with van der Waals surface area (Å²) in [5.41, 5.74) is 2.40. The quantitative estimate of drug-likeness (QED) is 0.542. The predicted octanol–water partition coefficient (Wildman–Crippen LogP) is 4.39. The van der Waals surface area contributed by atoms with Gasteiger partial charge in [-0.25, -0.2) is 0 Å². The predicted molar refractivity (Wildman–Crippen MR) is 121 cm³/mol. The molecule has 6 nitrogen and oxygen atoms in total. The highest BCUT2D eigenvalue weighted by atomic mass is 16.5. The average Bonchev–Trinajstić information content (AvgIpc) is 3.41. The zero-order chi connectivity index (χ0) is 22.2. The number of aryl methyl sites for hydroxylation is 1. The van der Waals surface area contributed by atoms with Crippen LogP contribution in [-0.4, -0.2) is 36.7 Å². The Hall–Kier alpha value is -3.38. The first-order chi connectivity index (χ1) is 15.6. The first-order valence-electron chi connectivity index (χ1n) is 10.9. The molecule has 1 aromatic heterocycles. The molecular formula is C26H25NO5. The van der Waals surface area contributed by atoms with E-state index in [2.05, 4.69) is 6.58 Å². The van der Waals surface area contributed by atoms with Gasteiger partial charge in [-0.2, -0.15) is 0 Å². The molecule has 2 atom stereocenters. The minimum atomic E-state index is -0.560. The Bertz CT molecular complexity index is 1250. The number of fused-ring (bicyclic) bond motifs is 2. The van der Waals surface area contributed by atoms with Crippen molar-refractivity contribution >= 4 is 16.9 Å². The van der Waals surface area contributed by atoms with Crippen molar-refractivity contribution in [3.8, 4) is 5.75 Å². The molecular weight excluding hydrogens is 406 g/mol. The van der Waals surface area contributed by atoms with E-state index in [1.807, 2.05) is 43.3 Å². The van der Waals surface area contributed by atoms with Crippen LogP contribution in [0.25, 0.3) is 11.0 Å². The third-order valence-corrected chi connectivity index (χ3v) is 6.09. The number of hydrogen-bond donors (Lipinski definition) is 0. The minimum absolute atomic E-state index is 0.0530. The molecule has 2 aromatic carbocycles. The van der Waals surface area contributed by atoms with Gasteiger partial charge in [0, 0.05) is 13.2 Å². The van der Waals surface area contributed by atoms with E-state index >= 15 is 0 Å². The summed E-state index contributed by atoms with van der Waals surface area (Å²) >= 11 is 0. The molecule has 0 spiro atoms. The molecule has 0 radical (unpaired) electrons. The van der Waals surface area contributed by atoms with E-state index in [4.69, 9.17) is 13.9 Å². The third-order valence-electron chi connectivity index (χ3n) is 6.09. The van der Waals surface area contributed by atoms with Gasteiger partial charge in [-0.3, -0.25) is 9.59 Å². The van der Waals surface area contributed by atoms with Crippen LogP contribution in [0.3, 0.4) is 0 Å². The van der Waals surface area contributed by atoms with Crippen molar-refractivity contribution in [2.75, 3.05) is 19.8 Å². The van der Waals surface area contributed by atoms with Crippen molar-refractivity contribution in [2.24, 2.45) is 0 Å². The molecule has 164 valence electrons. The van der Waals surface area contributed by atoms with Gasteiger partial charge in [0.1, 0.15) is 17.9 Å². The summed E-state index contributed by atoms with van der Waals surface area (Å²) in [5.74, 6) is 0.491. The van der Waals surface area contributed by atoms with Crippen LogP contribution in [0.5, 0.6) is 5.75 Å². The van der Waals surface area contributed by atoms with Crippen LogP contribution in [0, 0.1) is 6.92 Å². The molecule has 32 heavy (non-hydrogen) atoms. The van der Waals surface area contributed by atoms with Crippen molar-refractivity contribution < 1.29 is 18.7 Å². The van der Waals surface area contributed by atoms with Gasteiger partial charge in [0.2, 0.25) is 5.76 Å². The van der Waals surface area contributed by atoms with Crippen molar-refractivity contribution in [2.45, 2.75) is 31.9 Å². The van der Waals surface area contributed by atoms with E-state index in [9.17, 15) is 9.59 Å². The van der Waals surface area contributed by atoms with Crippen molar-refractivity contribution in [3.63, 3.8) is 0 Å². The number of carbonyl (C=O) groups excluding carboxylic acids is 1. The molecule has 0 bridgehead atoms. The molecule has 3 heterocycles. The summed E-state index contributed by atoms with van der Waals surface area (Å²) in [6.07, 6.45) is 3.48. The first kappa shape index (κ1) is 20.5. The lowest BCUT2D eigenvalue weighted by Gasteiger charge is -2.27. The van der Waals surface area contributed by atoms with E-state index < -0.39 is 6.04 Å². The van der Waals surface area contributed by atoms with Crippen LogP contribution >= 0.6 is 0 Å². The molecule has 5 rings (SSSR count). The Morgan fingerprint density at radius 3 is 2.88 bits per heavy atom. The van der Waals surface area contributed by atoms with Crippen LogP contribution in [0.4, 0.5) is 0 Å². The number of hydrogen-bond acceptors (Lipinski definition) is 5. The molecule has 1 amide bonds. The van der Waals surface area contributed by atoms with Gasteiger partial charge in [0.05, 0.1) is 23.1 Å². The van der Waals surface area contributed by atoms with Gasteiger partial charge in [0.15, 0.2) is 5.43 Å². The van der Waals surface area contributed by atoms with Crippen LogP contribution in [0.1, 0.15) is 46.1 Å². The molecule has 0 saturated carbocycles. The maximum absolute atomic E-state index is 13.6. The average molecular weight is 431 g/mol. The third kappa shape index (κ3) is 3.50. The second-order valence-electron chi connectivity index (χ2n) is 8.34. The lowest BCUT2D eigenvalue weighted by Crippen LogP contribution is -2.36. The van der Waals surface area contributed by atoms with Crippen LogP contribution in [0.15, 0.2) is 64.3 Å². The summed E-state index contributed by atoms with van der Waals surface area (Å²) < 4.78 is 17.5. The van der Waals surface area contributed by atoms with Crippen LogP contribution < -0.4 is 10.2 Å². The summed E-state index contributed by atoms with van der Waals surface area (Å²) in [7, 11) is 0. The van der Waals surface area contributed by atoms with Gasteiger partial charge >= 0.3 is 0 Å². The molecule has 6 heteroatoms. The van der Waals surface area contributed by atoms with Crippen molar-refractivity contribution in [1.29, 1.82) is 0 Å². The highest BCUT2D eigenvalue weighted by Gasteiger charge is 2.44. The number of ether oxygens (including phenoxy) is 2. The maximum Gasteiger partial charge on any atom is 0.291 e. The largest absolute Gasteiger partial charge is 0.490 e. The number of benzene rings is 2. The van der Waals surface area contributed by atoms with Gasteiger partial charge < -0.3 is 18.8 Å². The van der Waals surface area contributed by atoms with E-state index in [1.165, 1.54) is 0 Å². The molecule has 0 N–H and O–H groups in total. The van der Waals surface area contributed by atoms with Gasteiger partial charge in [-0.15, -0.1) is 0 Å². The normalized spacial score (nSPS) is 20.0. The summed E-state index contributed by atoms with van der Waals surface area (Å²) in [5, 5.41) is 0.486. The maximum atomic E-state index is 13.6. The van der Waals surface area contributed by atoms with E-state index in [0.29, 0.717) is 42.0 Å². The van der Waals surface area contributed by atoms with Crippen molar-refractivity contribution in [1.82, 2.24) is 4.90 Å². The summed E-state index contributed by atoms with van der Waals surface area (Å²) in [6, 6.07) is 12.4. The fourth-order valence-electron chi connectivity index (χ4n) is 4.61. The Labute approximate surface area is 186 Å². The van der Waals surface area contributed by atoms with Crippen LogP contribution in [-0.2, 0) is 4.74 Å². The molecule has 0 aliphatic carbocycles. The number of nitrogens with zero attached hydrogens (tertiary/aromatic N) is 1. The Balaban J connectivity index is 1.67. The molecule has 3 aromatic rings. The first-order valence-corrected chi connectivity index (χ1v) is 10.9. The SMILES string of the molecule is C=CCOc1cccc(C2c3c(oc4ccc(C)cc4c3=O)C(=O)N2CC2CCCO2)c1. The van der Waals surface area contributed by atoms with Gasteiger partial charge in [-0.1, -0.05) is 36.4 Å². The molecule has 1 saturated heterocycles. The van der Waals surface area contributed by atoms with E-state index in [1.54, 1.807) is 17.0 Å². The highest BCUT2D eigenvalue weighted by molar-refractivity contribution is 5.99. The number of rotatable bonds is 6. The zero-order valence-electron chi connectivity index (χ0n) is 18.0. The number of carbonyl (C=O) groups is 1. The Morgan fingerprint density at radius 2 is 2.09 bits per heavy atom. The van der Waals surface area contributed by atoms with Gasteiger partial charge in [0.25, 0.3) is 5.91 Å². The molecule has 1 fully saturated rings. The summed E-state index contributed by atoms with van der Waals surface area (Å²) in [4.78, 5) is 28.8. The van der Waals surface area contributed by atoms with Gasteiger partial charge in [-0.05, 0) is 49.6 Å². The molecule has 2 aliphatic heterocycles. The fourth-order valence-corrected chi connectivity index (χ4v) is 4.61. The lowest BCUT2D eigenvalue weighted by atomic mass is 9.97.